The molecule has 0 amide bonds. The fraction of sp³-hybridized carbons (Fsp3) is 0.0500. The molecule has 0 bridgehead atoms. The summed E-state index contributed by atoms with van der Waals surface area (Å²) < 4.78 is 41.1. The first kappa shape index (κ1) is 18.0. The molecule has 0 aliphatic carbocycles. The molecule has 6 heteroatoms. The normalized spacial score (nSPS) is 11.3. The molecule has 3 rings (SSSR count). The number of carbonyl (C=O) groups is 1. The zero-order chi connectivity index (χ0) is 18.6. The molecule has 0 heterocycles. The van der Waals surface area contributed by atoms with Crippen molar-refractivity contribution in [2.45, 2.75) is 4.90 Å². The highest BCUT2D eigenvalue weighted by molar-refractivity contribution is 7.89. The monoisotopic (exact) mass is 369 g/mol. The Hall–Kier alpha value is -2.83. The Balaban J connectivity index is 1.87. The van der Waals surface area contributed by atoms with Crippen molar-refractivity contribution < 1.29 is 17.6 Å². The molecule has 0 atom stereocenters. The molecule has 0 spiro atoms. The van der Waals surface area contributed by atoms with Crippen molar-refractivity contribution in [2.75, 3.05) is 6.54 Å². The summed E-state index contributed by atoms with van der Waals surface area (Å²) in [4.78, 5) is 12.6. The molecule has 0 saturated carbocycles. The lowest BCUT2D eigenvalue weighted by Gasteiger charge is -2.11. The quantitative estimate of drug-likeness (QED) is 0.675. The maximum absolute atomic E-state index is 14.3. The van der Waals surface area contributed by atoms with Crippen LogP contribution in [0.5, 0.6) is 0 Å². The standard InChI is InChI=1S/C20H16FNO3S/c21-18-13-7-12-17(15-8-3-1-4-9-15)20(18)19(23)14-22-26(24,25)16-10-5-2-6-11-16/h1-13,22H,14H2. The first-order valence-electron chi connectivity index (χ1n) is 7.91. The average Bonchev–Trinajstić information content (AvgIpc) is 2.67. The number of nitrogens with one attached hydrogen (secondary N) is 1. The van der Waals surface area contributed by atoms with Crippen LogP contribution in [0.4, 0.5) is 4.39 Å². The van der Waals surface area contributed by atoms with Gasteiger partial charge in [0, 0.05) is 0 Å². The third-order valence-corrected chi connectivity index (χ3v) is 5.27. The topological polar surface area (TPSA) is 63.2 Å². The molecule has 0 aromatic heterocycles. The van der Waals surface area contributed by atoms with Crippen molar-refractivity contribution in [3.05, 3.63) is 90.2 Å². The number of ketones is 1. The SMILES string of the molecule is O=C(CNS(=O)(=O)c1ccccc1)c1c(F)cccc1-c1ccccc1. The third kappa shape index (κ3) is 3.87. The molecule has 132 valence electrons. The van der Waals surface area contributed by atoms with Crippen LogP contribution in [0.15, 0.2) is 83.8 Å². The fourth-order valence-electron chi connectivity index (χ4n) is 2.60. The van der Waals surface area contributed by atoms with Crippen molar-refractivity contribution >= 4 is 15.8 Å². The average molecular weight is 369 g/mol. The molecule has 3 aromatic carbocycles. The zero-order valence-corrected chi connectivity index (χ0v) is 14.5. The van der Waals surface area contributed by atoms with Gasteiger partial charge in [-0.2, -0.15) is 0 Å². The number of Topliss-reactive ketones (excluding diaryl/α,β-unsaturated/α-hetero) is 1. The van der Waals surface area contributed by atoms with E-state index in [2.05, 4.69) is 4.72 Å². The van der Waals surface area contributed by atoms with Gasteiger partial charge in [0.25, 0.3) is 0 Å². The van der Waals surface area contributed by atoms with Crippen molar-refractivity contribution in [3.8, 4) is 11.1 Å². The number of sulfonamides is 1. The molecular weight excluding hydrogens is 353 g/mol. The summed E-state index contributed by atoms with van der Waals surface area (Å²) in [6.07, 6.45) is 0. The third-order valence-electron chi connectivity index (χ3n) is 3.85. The Bertz CT molecular complexity index is 1020. The molecule has 0 radical (unpaired) electrons. The van der Waals surface area contributed by atoms with Gasteiger partial charge in [0.15, 0.2) is 5.78 Å². The minimum atomic E-state index is -3.85. The van der Waals surface area contributed by atoms with E-state index in [9.17, 15) is 17.6 Å². The number of halogens is 1. The summed E-state index contributed by atoms with van der Waals surface area (Å²) in [6, 6.07) is 21.0. The van der Waals surface area contributed by atoms with Crippen LogP contribution < -0.4 is 4.72 Å². The van der Waals surface area contributed by atoms with Gasteiger partial charge < -0.3 is 0 Å². The Morgan fingerprint density at radius 1 is 0.846 bits per heavy atom. The molecule has 1 N–H and O–H groups in total. The molecule has 3 aromatic rings. The van der Waals surface area contributed by atoms with Crippen LogP contribution in [0.2, 0.25) is 0 Å². The summed E-state index contributed by atoms with van der Waals surface area (Å²) in [6.45, 7) is -0.530. The Kier molecular flexibility index (Phi) is 5.25. The highest BCUT2D eigenvalue weighted by Crippen LogP contribution is 2.26. The number of hydrogen-bond donors (Lipinski definition) is 1. The van der Waals surface area contributed by atoms with Crippen LogP contribution in [0.3, 0.4) is 0 Å². The first-order chi connectivity index (χ1) is 12.5. The summed E-state index contributed by atoms with van der Waals surface area (Å²) in [5.74, 6) is -1.32. The molecule has 26 heavy (non-hydrogen) atoms. The van der Waals surface area contributed by atoms with E-state index in [1.54, 1.807) is 48.5 Å². The van der Waals surface area contributed by atoms with Crippen LogP contribution in [0, 0.1) is 5.82 Å². The minimum absolute atomic E-state index is 0.0459. The summed E-state index contributed by atoms with van der Waals surface area (Å²) in [5.41, 5.74) is 0.977. The molecular formula is C20H16FNO3S. The molecule has 4 nitrogen and oxygen atoms in total. The molecule has 0 saturated heterocycles. The van der Waals surface area contributed by atoms with Gasteiger partial charge in [0.05, 0.1) is 17.0 Å². The lowest BCUT2D eigenvalue weighted by molar-refractivity contribution is 0.0994. The van der Waals surface area contributed by atoms with E-state index in [1.165, 1.54) is 24.3 Å². The summed E-state index contributed by atoms with van der Waals surface area (Å²) in [7, 11) is -3.85. The van der Waals surface area contributed by atoms with Gasteiger partial charge >= 0.3 is 0 Å². The van der Waals surface area contributed by atoms with E-state index < -0.39 is 28.2 Å². The van der Waals surface area contributed by atoms with E-state index in [0.717, 1.165) is 0 Å². The second kappa shape index (κ2) is 7.59. The van der Waals surface area contributed by atoms with E-state index in [4.69, 9.17) is 0 Å². The van der Waals surface area contributed by atoms with Gasteiger partial charge in [-0.05, 0) is 29.3 Å². The maximum atomic E-state index is 14.3. The Morgan fingerprint density at radius 3 is 2.12 bits per heavy atom. The van der Waals surface area contributed by atoms with E-state index in [0.29, 0.717) is 11.1 Å². The lowest BCUT2D eigenvalue weighted by atomic mass is 9.96. The van der Waals surface area contributed by atoms with Crippen LogP contribution in [0.1, 0.15) is 10.4 Å². The summed E-state index contributed by atoms with van der Waals surface area (Å²) in [5, 5.41) is 0. The predicted octanol–water partition coefficient (Wildman–Crippen LogP) is 3.65. The second-order valence-corrected chi connectivity index (χ2v) is 7.36. The number of benzene rings is 3. The molecule has 0 aliphatic heterocycles. The van der Waals surface area contributed by atoms with Gasteiger partial charge in [-0.3, -0.25) is 4.79 Å². The van der Waals surface area contributed by atoms with Crippen molar-refractivity contribution in [2.24, 2.45) is 0 Å². The van der Waals surface area contributed by atoms with Crippen molar-refractivity contribution in [1.82, 2.24) is 4.72 Å². The molecule has 0 aliphatic rings. The van der Waals surface area contributed by atoms with Gasteiger partial charge in [-0.25, -0.2) is 17.5 Å². The number of rotatable bonds is 6. The van der Waals surface area contributed by atoms with Crippen molar-refractivity contribution in [1.29, 1.82) is 0 Å². The highest BCUT2D eigenvalue weighted by Gasteiger charge is 2.20. The Morgan fingerprint density at radius 2 is 1.46 bits per heavy atom. The van der Waals surface area contributed by atoms with Crippen molar-refractivity contribution in [3.63, 3.8) is 0 Å². The zero-order valence-electron chi connectivity index (χ0n) is 13.7. The molecule has 0 fully saturated rings. The van der Waals surface area contributed by atoms with Gasteiger partial charge in [0.1, 0.15) is 5.82 Å². The van der Waals surface area contributed by atoms with E-state index in [-0.39, 0.29) is 10.5 Å². The van der Waals surface area contributed by atoms with Crippen LogP contribution in [-0.2, 0) is 10.0 Å². The number of hydrogen-bond acceptors (Lipinski definition) is 3. The molecule has 0 unspecified atom stereocenters. The van der Waals surface area contributed by atoms with Crippen LogP contribution >= 0.6 is 0 Å². The fourth-order valence-corrected chi connectivity index (χ4v) is 3.60. The Labute approximate surface area is 151 Å². The van der Waals surface area contributed by atoms with Gasteiger partial charge in [0.2, 0.25) is 10.0 Å². The summed E-state index contributed by atoms with van der Waals surface area (Å²) >= 11 is 0. The van der Waals surface area contributed by atoms with Gasteiger partial charge in [-0.1, -0.05) is 60.7 Å². The predicted molar refractivity (Wildman–Crippen MR) is 97.8 cm³/mol. The smallest absolute Gasteiger partial charge is 0.240 e. The van der Waals surface area contributed by atoms with Gasteiger partial charge in [-0.15, -0.1) is 0 Å². The maximum Gasteiger partial charge on any atom is 0.240 e. The van der Waals surface area contributed by atoms with Crippen LogP contribution in [0.25, 0.3) is 11.1 Å². The lowest BCUT2D eigenvalue weighted by Crippen LogP contribution is -2.30. The van der Waals surface area contributed by atoms with E-state index >= 15 is 0 Å². The first-order valence-corrected chi connectivity index (χ1v) is 9.39. The minimum Gasteiger partial charge on any atom is -0.293 e. The van der Waals surface area contributed by atoms with E-state index in [1.807, 2.05) is 6.07 Å². The second-order valence-electron chi connectivity index (χ2n) is 5.59. The largest absolute Gasteiger partial charge is 0.293 e. The van der Waals surface area contributed by atoms with Crippen LogP contribution in [-0.4, -0.2) is 20.7 Å². The highest BCUT2D eigenvalue weighted by atomic mass is 32.2. The number of carbonyl (C=O) groups excluding carboxylic acids is 1.